The van der Waals surface area contributed by atoms with Crippen LogP contribution in [-0.2, 0) is 11.2 Å². The zero-order valence-electron chi connectivity index (χ0n) is 15.7. The highest BCUT2D eigenvalue weighted by molar-refractivity contribution is 7.99. The van der Waals surface area contributed by atoms with Crippen LogP contribution >= 0.6 is 11.8 Å². The number of hydrogen-bond acceptors (Lipinski definition) is 6. The average Bonchev–Trinajstić information content (AvgIpc) is 2.68. The van der Waals surface area contributed by atoms with Gasteiger partial charge in [-0.3, -0.25) is 9.59 Å². The maximum absolute atomic E-state index is 12.4. The van der Waals surface area contributed by atoms with Crippen LogP contribution in [0.3, 0.4) is 0 Å². The maximum Gasteiger partial charge on any atom is 0.294 e. The minimum atomic E-state index is -0.420. The zero-order chi connectivity index (χ0) is 20.1. The molecule has 0 radical (unpaired) electrons. The number of carbonyl (C=O) groups excluding carboxylic acids is 1. The van der Waals surface area contributed by atoms with Crippen LogP contribution in [0.15, 0.2) is 58.5 Å². The van der Waals surface area contributed by atoms with Gasteiger partial charge in [-0.25, -0.2) is 0 Å². The van der Waals surface area contributed by atoms with Gasteiger partial charge in [0.25, 0.3) is 5.56 Å². The lowest BCUT2D eigenvalue weighted by atomic mass is 10.1. The number of aryl methyl sites for hydroxylation is 2. The number of anilines is 1. The van der Waals surface area contributed by atoms with E-state index in [-0.39, 0.29) is 22.5 Å². The summed E-state index contributed by atoms with van der Waals surface area (Å²) in [6.07, 6.45) is 0.349. The lowest BCUT2D eigenvalue weighted by Crippen LogP contribution is -2.34. The molecule has 2 aromatic carbocycles. The molecule has 0 unspecified atom stereocenters. The molecule has 3 aromatic rings. The predicted octanol–water partition coefficient (Wildman–Crippen LogP) is 2.29. The van der Waals surface area contributed by atoms with Crippen molar-refractivity contribution in [3.63, 3.8) is 0 Å². The van der Waals surface area contributed by atoms with Crippen molar-refractivity contribution < 1.29 is 4.79 Å². The standard InChI is InChI=1S/C20H21N5O2S/c1-13-8-9-14(2)16(10-13)22-18(26)12-28-20-24-23-17(19(27)25(20)21)11-15-6-4-3-5-7-15/h3-10H,11-12,21H2,1-2H3,(H,22,26). The lowest BCUT2D eigenvalue weighted by molar-refractivity contribution is -0.113. The highest BCUT2D eigenvalue weighted by atomic mass is 32.2. The molecule has 1 heterocycles. The number of nitrogen functional groups attached to an aromatic ring is 1. The Balaban J connectivity index is 1.66. The average molecular weight is 395 g/mol. The van der Waals surface area contributed by atoms with E-state index in [4.69, 9.17) is 5.84 Å². The largest absolute Gasteiger partial charge is 0.334 e. The van der Waals surface area contributed by atoms with Crippen molar-refractivity contribution in [3.05, 3.63) is 81.3 Å². The van der Waals surface area contributed by atoms with Crippen LogP contribution in [0.4, 0.5) is 5.69 Å². The quantitative estimate of drug-likeness (QED) is 0.490. The molecular formula is C20H21N5O2S. The molecule has 8 heteroatoms. The van der Waals surface area contributed by atoms with Crippen LogP contribution in [0, 0.1) is 13.8 Å². The first-order chi connectivity index (χ1) is 13.4. The van der Waals surface area contributed by atoms with Crippen LogP contribution in [-0.4, -0.2) is 26.5 Å². The molecule has 28 heavy (non-hydrogen) atoms. The molecule has 3 rings (SSSR count). The molecule has 0 aliphatic rings. The summed E-state index contributed by atoms with van der Waals surface area (Å²) in [5, 5.41) is 11.1. The van der Waals surface area contributed by atoms with Gasteiger partial charge in [0, 0.05) is 12.1 Å². The molecule has 1 aromatic heterocycles. The Hall–Kier alpha value is -3.13. The molecule has 0 aliphatic carbocycles. The number of aromatic nitrogens is 3. The summed E-state index contributed by atoms with van der Waals surface area (Å²) in [6, 6.07) is 15.3. The molecule has 0 spiro atoms. The van der Waals surface area contributed by atoms with E-state index < -0.39 is 5.56 Å². The van der Waals surface area contributed by atoms with Gasteiger partial charge < -0.3 is 11.2 Å². The number of carbonyl (C=O) groups is 1. The second kappa shape index (κ2) is 8.71. The third kappa shape index (κ3) is 4.77. The fourth-order valence-corrected chi connectivity index (χ4v) is 3.26. The first kappa shape index (κ1) is 19.6. The number of thioether (sulfide) groups is 1. The van der Waals surface area contributed by atoms with E-state index >= 15 is 0 Å². The molecule has 7 nitrogen and oxygen atoms in total. The maximum atomic E-state index is 12.4. The smallest absolute Gasteiger partial charge is 0.294 e. The number of hydrogen-bond donors (Lipinski definition) is 2. The Labute approximate surface area is 167 Å². The Bertz CT molecular complexity index is 1050. The van der Waals surface area contributed by atoms with Crippen molar-refractivity contribution in [2.45, 2.75) is 25.4 Å². The van der Waals surface area contributed by atoms with Gasteiger partial charge in [-0.1, -0.05) is 54.2 Å². The van der Waals surface area contributed by atoms with Crippen molar-refractivity contribution >= 4 is 23.4 Å². The fourth-order valence-electron chi connectivity index (χ4n) is 2.61. The molecule has 0 saturated heterocycles. The summed E-state index contributed by atoms with van der Waals surface area (Å²) in [4.78, 5) is 24.7. The second-order valence-electron chi connectivity index (χ2n) is 6.42. The van der Waals surface area contributed by atoms with Gasteiger partial charge in [0.1, 0.15) is 5.69 Å². The summed E-state index contributed by atoms with van der Waals surface area (Å²) in [6.45, 7) is 3.89. The number of nitrogens with one attached hydrogen (secondary N) is 1. The van der Waals surface area contributed by atoms with Gasteiger partial charge in [-0.05, 0) is 36.6 Å². The Morgan fingerprint density at radius 1 is 1.14 bits per heavy atom. The van der Waals surface area contributed by atoms with Crippen LogP contribution in [0.2, 0.25) is 0 Å². The Morgan fingerprint density at radius 3 is 2.64 bits per heavy atom. The van der Waals surface area contributed by atoms with Crippen LogP contribution < -0.4 is 16.7 Å². The van der Waals surface area contributed by atoms with Crippen molar-refractivity contribution in [2.24, 2.45) is 0 Å². The number of benzene rings is 2. The number of nitrogens with two attached hydrogens (primary N) is 1. The van der Waals surface area contributed by atoms with Crippen molar-refractivity contribution in [2.75, 3.05) is 16.9 Å². The molecule has 0 aliphatic heterocycles. The third-order valence-corrected chi connectivity index (χ3v) is 5.08. The summed E-state index contributed by atoms with van der Waals surface area (Å²) in [7, 11) is 0. The van der Waals surface area contributed by atoms with Crippen LogP contribution in [0.25, 0.3) is 0 Å². The van der Waals surface area contributed by atoms with Gasteiger partial charge in [0.05, 0.1) is 5.75 Å². The SMILES string of the molecule is Cc1ccc(C)c(NC(=O)CSc2nnc(Cc3ccccc3)c(=O)n2N)c1. The number of nitrogens with zero attached hydrogens (tertiary/aromatic N) is 3. The van der Waals surface area contributed by atoms with Gasteiger partial charge >= 0.3 is 0 Å². The molecular weight excluding hydrogens is 374 g/mol. The van der Waals surface area contributed by atoms with E-state index in [9.17, 15) is 9.59 Å². The minimum Gasteiger partial charge on any atom is -0.334 e. The fraction of sp³-hybridized carbons (Fsp3) is 0.200. The molecule has 0 bridgehead atoms. The summed E-state index contributed by atoms with van der Waals surface area (Å²) < 4.78 is 0.946. The first-order valence-corrected chi connectivity index (χ1v) is 9.70. The third-order valence-electron chi connectivity index (χ3n) is 4.14. The predicted molar refractivity (Wildman–Crippen MR) is 111 cm³/mol. The van der Waals surface area contributed by atoms with Gasteiger partial charge in [-0.2, -0.15) is 4.68 Å². The van der Waals surface area contributed by atoms with E-state index in [0.29, 0.717) is 6.42 Å². The van der Waals surface area contributed by atoms with Crippen LogP contribution in [0.1, 0.15) is 22.4 Å². The molecule has 0 atom stereocenters. The highest BCUT2D eigenvalue weighted by Crippen LogP contribution is 2.18. The van der Waals surface area contributed by atoms with Gasteiger partial charge in [-0.15, -0.1) is 10.2 Å². The van der Waals surface area contributed by atoms with E-state index in [1.54, 1.807) is 0 Å². The summed E-state index contributed by atoms with van der Waals surface area (Å²) in [5.74, 6) is 5.73. The van der Waals surface area contributed by atoms with Crippen molar-refractivity contribution in [1.29, 1.82) is 0 Å². The normalized spacial score (nSPS) is 10.6. The minimum absolute atomic E-state index is 0.0662. The topological polar surface area (TPSA) is 103 Å². The number of amides is 1. The Morgan fingerprint density at radius 2 is 1.89 bits per heavy atom. The highest BCUT2D eigenvalue weighted by Gasteiger charge is 2.13. The first-order valence-electron chi connectivity index (χ1n) is 8.71. The van der Waals surface area contributed by atoms with Crippen molar-refractivity contribution in [3.8, 4) is 0 Å². The molecule has 0 fully saturated rings. The van der Waals surface area contributed by atoms with Gasteiger partial charge in [0.2, 0.25) is 11.1 Å². The summed E-state index contributed by atoms with van der Waals surface area (Å²) >= 11 is 1.07. The molecule has 0 saturated carbocycles. The molecule has 144 valence electrons. The lowest BCUT2D eigenvalue weighted by Gasteiger charge is -2.10. The van der Waals surface area contributed by atoms with E-state index in [2.05, 4.69) is 15.5 Å². The molecule has 1 amide bonds. The molecule has 3 N–H and O–H groups in total. The van der Waals surface area contributed by atoms with E-state index in [1.165, 1.54) is 0 Å². The van der Waals surface area contributed by atoms with Crippen molar-refractivity contribution in [1.82, 2.24) is 14.9 Å². The Kier molecular flexibility index (Phi) is 6.10. The summed E-state index contributed by atoms with van der Waals surface area (Å²) in [5.41, 5.74) is 3.59. The van der Waals surface area contributed by atoms with Crippen LogP contribution in [0.5, 0.6) is 0 Å². The van der Waals surface area contributed by atoms with Gasteiger partial charge in [0.15, 0.2) is 0 Å². The van der Waals surface area contributed by atoms with E-state index in [0.717, 1.165) is 38.8 Å². The second-order valence-corrected chi connectivity index (χ2v) is 7.36. The van der Waals surface area contributed by atoms with E-state index in [1.807, 2.05) is 62.4 Å². The zero-order valence-corrected chi connectivity index (χ0v) is 16.5. The number of rotatable bonds is 6. The monoisotopic (exact) mass is 395 g/mol.